The van der Waals surface area contributed by atoms with E-state index in [2.05, 4.69) is 22.9 Å². The molecule has 0 aromatic carbocycles. The number of rotatable bonds is 2. The lowest BCUT2D eigenvalue weighted by molar-refractivity contribution is -0.0448. The summed E-state index contributed by atoms with van der Waals surface area (Å²) in [6.45, 7) is 4.25. The summed E-state index contributed by atoms with van der Waals surface area (Å²) in [6, 6.07) is 2.20. The van der Waals surface area contributed by atoms with E-state index >= 15 is 0 Å². The molecule has 1 aliphatic carbocycles. The summed E-state index contributed by atoms with van der Waals surface area (Å²) in [5.41, 5.74) is 0.780. The number of hydrogen-bond acceptors (Lipinski definition) is 2. The second-order valence-electron chi connectivity index (χ2n) is 5.24. The molecular formula is C14H19BrN2O2. The van der Waals surface area contributed by atoms with Gasteiger partial charge in [0.25, 0.3) is 5.91 Å². The Kier molecular flexibility index (Phi) is 3.67. The van der Waals surface area contributed by atoms with Crippen LogP contribution < -0.4 is 0 Å². The fourth-order valence-corrected chi connectivity index (χ4v) is 3.70. The molecule has 1 aliphatic heterocycles. The van der Waals surface area contributed by atoms with E-state index in [1.165, 1.54) is 0 Å². The number of ether oxygens (including phenoxy) is 1. The molecule has 5 heteroatoms. The van der Waals surface area contributed by atoms with Crippen LogP contribution in [0.4, 0.5) is 0 Å². The standard InChI is InChI=1S/C14H19BrN2O2/c1-2-16-9-10(15)8-12(16)14(18)17-6-7-19-13-5-3-4-11(13)17/h8-9,11,13H,2-7H2,1H3. The minimum Gasteiger partial charge on any atom is -0.374 e. The molecule has 0 bridgehead atoms. The zero-order valence-electron chi connectivity index (χ0n) is 11.1. The smallest absolute Gasteiger partial charge is 0.270 e. The molecule has 2 atom stereocenters. The van der Waals surface area contributed by atoms with Gasteiger partial charge in [-0.25, -0.2) is 0 Å². The number of morpholine rings is 1. The third kappa shape index (κ3) is 2.34. The molecule has 1 aromatic rings. The van der Waals surface area contributed by atoms with Crippen LogP contribution in [0.15, 0.2) is 16.7 Å². The van der Waals surface area contributed by atoms with Crippen LogP contribution >= 0.6 is 15.9 Å². The molecule has 0 N–H and O–H groups in total. The van der Waals surface area contributed by atoms with Gasteiger partial charge in [0.2, 0.25) is 0 Å². The lowest BCUT2D eigenvalue weighted by atomic mass is 10.1. The van der Waals surface area contributed by atoms with Crippen LogP contribution in [0.25, 0.3) is 0 Å². The summed E-state index contributed by atoms with van der Waals surface area (Å²) in [5, 5.41) is 0. The van der Waals surface area contributed by atoms with Crippen LogP contribution in [0, 0.1) is 0 Å². The van der Waals surface area contributed by atoms with Crippen molar-refractivity contribution in [3.63, 3.8) is 0 Å². The predicted octanol–water partition coefficient (Wildman–Crippen LogP) is 2.66. The first-order chi connectivity index (χ1) is 9.20. The highest BCUT2D eigenvalue weighted by molar-refractivity contribution is 9.10. The molecule has 0 radical (unpaired) electrons. The van der Waals surface area contributed by atoms with Crippen molar-refractivity contribution < 1.29 is 9.53 Å². The minimum absolute atomic E-state index is 0.146. The molecule has 2 heterocycles. The van der Waals surface area contributed by atoms with Gasteiger partial charge in [-0.2, -0.15) is 0 Å². The largest absolute Gasteiger partial charge is 0.374 e. The number of amides is 1. The lowest BCUT2D eigenvalue weighted by Gasteiger charge is -2.37. The first-order valence-corrected chi connectivity index (χ1v) is 7.78. The van der Waals surface area contributed by atoms with Crippen molar-refractivity contribution in [3.8, 4) is 0 Å². The normalized spacial score (nSPS) is 26.5. The van der Waals surface area contributed by atoms with Crippen molar-refractivity contribution in [2.45, 2.75) is 44.9 Å². The predicted molar refractivity (Wildman–Crippen MR) is 76.2 cm³/mol. The van der Waals surface area contributed by atoms with E-state index < -0.39 is 0 Å². The fraction of sp³-hybridized carbons (Fsp3) is 0.643. The molecule has 4 nitrogen and oxygen atoms in total. The zero-order chi connectivity index (χ0) is 13.4. The summed E-state index contributed by atoms with van der Waals surface area (Å²) in [5.74, 6) is 0.146. The third-order valence-corrected chi connectivity index (χ3v) is 4.60. The summed E-state index contributed by atoms with van der Waals surface area (Å²) in [4.78, 5) is 14.8. The molecule has 2 aliphatic rings. The summed E-state index contributed by atoms with van der Waals surface area (Å²) < 4.78 is 8.74. The topological polar surface area (TPSA) is 34.5 Å². The molecule has 3 rings (SSSR count). The number of fused-ring (bicyclic) bond motifs is 1. The molecule has 1 saturated heterocycles. The number of carbonyl (C=O) groups excluding carboxylic acids is 1. The van der Waals surface area contributed by atoms with Gasteiger partial charge in [-0.05, 0) is 48.2 Å². The van der Waals surface area contributed by atoms with E-state index in [4.69, 9.17) is 4.74 Å². The third-order valence-electron chi connectivity index (χ3n) is 4.17. The minimum atomic E-state index is 0.146. The van der Waals surface area contributed by atoms with Crippen LogP contribution in [0.3, 0.4) is 0 Å². The van der Waals surface area contributed by atoms with Crippen LogP contribution in [-0.4, -0.2) is 40.7 Å². The highest BCUT2D eigenvalue weighted by atomic mass is 79.9. The highest BCUT2D eigenvalue weighted by Crippen LogP contribution is 2.31. The highest BCUT2D eigenvalue weighted by Gasteiger charge is 2.39. The molecule has 0 spiro atoms. The zero-order valence-corrected chi connectivity index (χ0v) is 12.7. The first kappa shape index (κ1) is 13.2. The van der Waals surface area contributed by atoms with E-state index in [9.17, 15) is 4.79 Å². The maximum atomic E-state index is 12.8. The maximum absolute atomic E-state index is 12.8. The first-order valence-electron chi connectivity index (χ1n) is 6.99. The van der Waals surface area contributed by atoms with Gasteiger partial charge in [0.05, 0.1) is 18.8 Å². The van der Waals surface area contributed by atoms with Crippen molar-refractivity contribution in [2.75, 3.05) is 13.2 Å². The van der Waals surface area contributed by atoms with Crippen molar-refractivity contribution >= 4 is 21.8 Å². The number of aryl methyl sites for hydroxylation is 1. The number of hydrogen-bond donors (Lipinski definition) is 0. The van der Waals surface area contributed by atoms with E-state index in [0.717, 1.165) is 36.0 Å². The maximum Gasteiger partial charge on any atom is 0.270 e. The Morgan fingerprint density at radius 1 is 1.53 bits per heavy atom. The molecule has 1 aromatic heterocycles. The molecule has 2 fully saturated rings. The van der Waals surface area contributed by atoms with Crippen LogP contribution in [-0.2, 0) is 11.3 Å². The molecule has 104 valence electrons. The number of nitrogens with zero attached hydrogens (tertiary/aromatic N) is 2. The number of carbonyl (C=O) groups is 1. The molecule has 19 heavy (non-hydrogen) atoms. The van der Waals surface area contributed by atoms with Gasteiger partial charge in [-0.3, -0.25) is 4.79 Å². The second-order valence-corrected chi connectivity index (χ2v) is 6.15. The molecule has 1 amide bonds. The Labute approximate surface area is 121 Å². The summed E-state index contributed by atoms with van der Waals surface area (Å²) >= 11 is 3.46. The Morgan fingerprint density at radius 2 is 2.37 bits per heavy atom. The van der Waals surface area contributed by atoms with Crippen molar-refractivity contribution in [1.29, 1.82) is 0 Å². The van der Waals surface area contributed by atoms with Crippen LogP contribution in [0.2, 0.25) is 0 Å². The Bertz CT molecular complexity index is 486. The van der Waals surface area contributed by atoms with Gasteiger partial charge in [0, 0.05) is 23.8 Å². The average Bonchev–Trinajstić information content (AvgIpc) is 3.03. The van der Waals surface area contributed by atoms with Crippen molar-refractivity contribution in [3.05, 3.63) is 22.4 Å². The molecule has 2 unspecified atom stereocenters. The SMILES string of the molecule is CCn1cc(Br)cc1C(=O)N1CCOC2CCCC21. The van der Waals surface area contributed by atoms with Crippen LogP contribution in [0.5, 0.6) is 0 Å². The fourth-order valence-electron chi connectivity index (χ4n) is 3.24. The Balaban J connectivity index is 1.86. The van der Waals surface area contributed by atoms with Crippen molar-refractivity contribution in [2.24, 2.45) is 0 Å². The quantitative estimate of drug-likeness (QED) is 0.837. The Morgan fingerprint density at radius 3 is 3.16 bits per heavy atom. The van der Waals surface area contributed by atoms with Gasteiger partial charge in [0.15, 0.2) is 0 Å². The number of halogens is 1. The molecular weight excluding hydrogens is 308 g/mol. The van der Waals surface area contributed by atoms with E-state index in [0.29, 0.717) is 13.2 Å². The van der Waals surface area contributed by atoms with Gasteiger partial charge in [-0.1, -0.05) is 0 Å². The van der Waals surface area contributed by atoms with Gasteiger partial charge in [-0.15, -0.1) is 0 Å². The van der Waals surface area contributed by atoms with E-state index in [1.54, 1.807) is 0 Å². The van der Waals surface area contributed by atoms with Gasteiger partial charge < -0.3 is 14.2 Å². The monoisotopic (exact) mass is 326 g/mol. The Hall–Kier alpha value is -0.810. The lowest BCUT2D eigenvalue weighted by Crippen LogP contribution is -2.51. The van der Waals surface area contributed by atoms with E-state index in [1.807, 2.05) is 21.7 Å². The molecule has 1 saturated carbocycles. The van der Waals surface area contributed by atoms with E-state index in [-0.39, 0.29) is 18.1 Å². The van der Waals surface area contributed by atoms with Crippen LogP contribution in [0.1, 0.15) is 36.7 Å². The average molecular weight is 327 g/mol. The summed E-state index contributed by atoms with van der Waals surface area (Å²) in [7, 11) is 0. The number of aromatic nitrogens is 1. The van der Waals surface area contributed by atoms with Gasteiger partial charge in [0.1, 0.15) is 5.69 Å². The van der Waals surface area contributed by atoms with Gasteiger partial charge >= 0.3 is 0 Å². The van der Waals surface area contributed by atoms with Crippen molar-refractivity contribution in [1.82, 2.24) is 9.47 Å². The second kappa shape index (κ2) is 5.29. The summed E-state index contributed by atoms with van der Waals surface area (Å²) in [6.07, 6.45) is 5.56.